The third-order valence-corrected chi connectivity index (χ3v) is 6.54. The summed E-state index contributed by atoms with van der Waals surface area (Å²) in [5.41, 5.74) is 2.83. The van der Waals surface area contributed by atoms with E-state index in [1.165, 1.54) is 6.42 Å². The SMILES string of the molecule is CCOC(=O)c1cc(-c2cnc(N3CCOCC3)nc2)c(C(=N)C(C)C)c(NC2CCCCC2)n1. The van der Waals surface area contributed by atoms with Crippen LogP contribution in [0.15, 0.2) is 18.5 Å². The zero-order valence-corrected chi connectivity index (χ0v) is 21.0. The molecular weight excluding hydrogens is 444 g/mol. The standard InChI is InChI=1S/C26H36N6O3/c1-4-35-25(33)21-14-20(18-15-28-26(29-16-18)32-10-12-34-13-11-32)22(23(27)17(2)3)24(31-21)30-19-8-6-5-7-9-19/h14-17,19,27H,4-13H2,1-3H3,(H,30,31). The van der Waals surface area contributed by atoms with Crippen LogP contribution in [0.5, 0.6) is 0 Å². The first-order chi connectivity index (χ1) is 17.0. The first-order valence-electron chi connectivity index (χ1n) is 12.7. The number of rotatable bonds is 8. The lowest BCUT2D eigenvalue weighted by atomic mass is 9.91. The van der Waals surface area contributed by atoms with Crippen LogP contribution in [-0.4, -0.2) is 65.6 Å². The third-order valence-electron chi connectivity index (χ3n) is 6.54. The Balaban J connectivity index is 1.79. The molecule has 1 saturated carbocycles. The number of esters is 1. The van der Waals surface area contributed by atoms with Crippen molar-refractivity contribution in [1.29, 1.82) is 5.41 Å². The van der Waals surface area contributed by atoms with E-state index in [2.05, 4.69) is 25.2 Å². The number of carbonyl (C=O) groups is 1. The van der Waals surface area contributed by atoms with Gasteiger partial charge in [0.25, 0.3) is 0 Å². The second-order valence-electron chi connectivity index (χ2n) is 9.42. The number of ether oxygens (including phenoxy) is 2. The second kappa shape index (κ2) is 11.6. The minimum absolute atomic E-state index is 0.0237. The van der Waals surface area contributed by atoms with Crippen LogP contribution in [0.3, 0.4) is 0 Å². The predicted octanol–water partition coefficient (Wildman–Crippen LogP) is 4.32. The summed E-state index contributed by atoms with van der Waals surface area (Å²) in [7, 11) is 0. The van der Waals surface area contributed by atoms with Crippen LogP contribution >= 0.6 is 0 Å². The highest BCUT2D eigenvalue weighted by Gasteiger charge is 2.25. The first-order valence-corrected chi connectivity index (χ1v) is 12.7. The van der Waals surface area contributed by atoms with E-state index in [1.54, 1.807) is 25.4 Å². The zero-order chi connectivity index (χ0) is 24.8. The van der Waals surface area contributed by atoms with Gasteiger partial charge in [0.2, 0.25) is 5.95 Å². The smallest absolute Gasteiger partial charge is 0.357 e. The number of nitrogens with zero attached hydrogens (tertiary/aromatic N) is 4. The van der Waals surface area contributed by atoms with Crippen molar-refractivity contribution in [3.05, 3.63) is 29.7 Å². The maximum absolute atomic E-state index is 12.7. The topological polar surface area (TPSA) is 113 Å². The molecule has 9 nitrogen and oxygen atoms in total. The van der Waals surface area contributed by atoms with Gasteiger partial charge in [0.1, 0.15) is 5.82 Å². The van der Waals surface area contributed by atoms with Gasteiger partial charge in [0, 0.05) is 48.4 Å². The Bertz CT molecular complexity index is 1030. The molecule has 2 aromatic heterocycles. The predicted molar refractivity (Wildman–Crippen MR) is 136 cm³/mol. The Kier molecular flexibility index (Phi) is 8.28. The lowest BCUT2D eigenvalue weighted by Gasteiger charge is -2.27. The number of hydrogen-bond acceptors (Lipinski definition) is 9. The summed E-state index contributed by atoms with van der Waals surface area (Å²) in [6, 6.07) is 1.98. The lowest BCUT2D eigenvalue weighted by molar-refractivity contribution is 0.0519. The van der Waals surface area contributed by atoms with Gasteiger partial charge in [0.05, 0.1) is 19.8 Å². The van der Waals surface area contributed by atoms with Gasteiger partial charge in [0.15, 0.2) is 5.69 Å². The number of anilines is 2. The molecule has 1 aliphatic carbocycles. The molecule has 1 aliphatic heterocycles. The molecule has 0 spiro atoms. The van der Waals surface area contributed by atoms with E-state index < -0.39 is 5.97 Å². The minimum Gasteiger partial charge on any atom is -0.461 e. The molecule has 2 aromatic rings. The van der Waals surface area contributed by atoms with E-state index in [1.807, 2.05) is 13.8 Å². The molecular formula is C26H36N6O3. The van der Waals surface area contributed by atoms with E-state index in [0.717, 1.165) is 44.3 Å². The van der Waals surface area contributed by atoms with Crippen molar-refractivity contribution in [1.82, 2.24) is 15.0 Å². The zero-order valence-electron chi connectivity index (χ0n) is 21.0. The van der Waals surface area contributed by atoms with Crippen molar-refractivity contribution in [3.8, 4) is 11.1 Å². The number of nitrogens with one attached hydrogen (secondary N) is 2. The van der Waals surface area contributed by atoms with Crippen molar-refractivity contribution >= 4 is 23.4 Å². The van der Waals surface area contributed by atoms with Crippen molar-refractivity contribution < 1.29 is 14.3 Å². The van der Waals surface area contributed by atoms with Crippen molar-refractivity contribution in [2.24, 2.45) is 5.92 Å². The Hall–Kier alpha value is -3.07. The third kappa shape index (κ3) is 5.96. The summed E-state index contributed by atoms with van der Waals surface area (Å²) in [5.74, 6) is 0.713. The van der Waals surface area contributed by atoms with Gasteiger partial charge >= 0.3 is 5.97 Å². The number of carbonyl (C=O) groups excluding carboxylic acids is 1. The number of morpholine rings is 1. The van der Waals surface area contributed by atoms with Crippen LogP contribution < -0.4 is 10.2 Å². The van der Waals surface area contributed by atoms with Crippen LogP contribution in [0, 0.1) is 11.3 Å². The fourth-order valence-corrected chi connectivity index (χ4v) is 4.58. The molecule has 9 heteroatoms. The lowest BCUT2D eigenvalue weighted by Crippen LogP contribution is -2.37. The molecule has 2 fully saturated rings. The highest BCUT2D eigenvalue weighted by Crippen LogP contribution is 2.33. The molecule has 0 atom stereocenters. The molecule has 0 amide bonds. The number of hydrogen-bond donors (Lipinski definition) is 2. The molecule has 35 heavy (non-hydrogen) atoms. The fraction of sp³-hybridized carbons (Fsp3) is 0.577. The number of aromatic nitrogens is 3. The van der Waals surface area contributed by atoms with Crippen LogP contribution in [0.2, 0.25) is 0 Å². The van der Waals surface area contributed by atoms with Crippen LogP contribution in [0.4, 0.5) is 11.8 Å². The van der Waals surface area contributed by atoms with Crippen molar-refractivity contribution in [3.63, 3.8) is 0 Å². The maximum Gasteiger partial charge on any atom is 0.357 e. The van der Waals surface area contributed by atoms with Gasteiger partial charge in [-0.25, -0.2) is 19.7 Å². The molecule has 3 heterocycles. The fourth-order valence-electron chi connectivity index (χ4n) is 4.58. The summed E-state index contributed by atoms with van der Waals surface area (Å²) < 4.78 is 10.7. The molecule has 0 bridgehead atoms. The van der Waals surface area contributed by atoms with Crippen molar-refractivity contribution in [2.75, 3.05) is 43.1 Å². The molecule has 0 aromatic carbocycles. The van der Waals surface area contributed by atoms with Gasteiger partial charge in [-0.1, -0.05) is 33.1 Å². The molecule has 2 N–H and O–H groups in total. The summed E-state index contributed by atoms with van der Waals surface area (Å²) >= 11 is 0. The van der Waals surface area contributed by atoms with Gasteiger partial charge in [-0.3, -0.25) is 0 Å². The Morgan fingerprint density at radius 2 is 1.89 bits per heavy atom. The van der Waals surface area contributed by atoms with E-state index in [9.17, 15) is 4.79 Å². The van der Waals surface area contributed by atoms with Crippen LogP contribution in [-0.2, 0) is 9.47 Å². The Morgan fingerprint density at radius 3 is 2.51 bits per heavy atom. The van der Waals surface area contributed by atoms with E-state index >= 15 is 0 Å². The molecule has 0 radical (unpaired) electrons. The molecule has 2 aliphatic rings. The normalized spacial score (nSPS) is 16.9. The first kappa shape index (κ1) is 25.0. The van der Waals surface area contributed by atoms with Crippen LogP contribution in [0.25, 0.3) is 11.1 Å². The minimum atomic E-state index is -0.478. The Morgan fingerprint density at radius 1 is 1.20 bits per heavy atom. The van der Waals surface area contributed by atoms with Crippen molar-refractivity contribution in [2.45, 2.75) is 58.9 Å². The summed E-state index contributed by atoms with van der Waals surface area (Å²) in [4.78, 5) is 28.7. The Labute approximate surface area is 207 Å². The quantitative estimate of drug-likeness (QED) is 0.424. The van der Waals surface area contributed by atoms with E-state index in [-0.39, 0.29) is 24.3 Å². The molecule has 4 rings (SSSR count). The van der Waals surface area contributed by atoms with Crippen LogP contribution in [0.1, 0.15) is 68.9 Å². The largest absolute Gasteiger partial charge is 0.461 e. The van der Waals surface area contributed by atoms with Gasteiger partial charge < -0.3 is 25.1 Å². The highest BCUT2D eigenvalue weighted by molar-refractivity contribution is 6.10. The van der Waals surface area contributed by atoms with Gasteiger partial charge in [-0.05, 0) is 37.3 Å². The summed E-state index contributed by atoms with van der Waals surface area (Å²) in [5, 5.41) is 12.5. The average Bonchev–Trinajstić information content (AvgIpc) is 2.89. The monoisotopic (exact) mass is 480 g/mol. The molecule has 1 saturated heterocycles. The maximum atomic E-state index is 12.7. The highest BCUT2D eigenvalue weighted by atomic mass is 16.5. The summed E-state index contributed by atoms with van der Waals surface area (Å²) in [6.45, 7) is 8.85. The second-order valence-corrected chi connectivity index (χ2v) is 9.42. The van der Waals surface area contributed by atoms with Gasteiger partial charge in [-0.15, -0.1) is 0 Å². The van der Waals surface area contributed by atoms with E-state index in [0.29, 0.717) is 41.8 Å². The molecule has 188 valence electrons. The number of pyridine rings is 1. The van der Waals surface area contributed by atoms with Gasteiger partial charge in [-0.2, -0.15) is 0 Å². The van der Waals surface area contributed by atoms with E-state index in [4.69, 9.17) is 14.9 Å². The average molecular weight is 481 g/mol. The summed E-state index contributed by atoms with van der Waals surface area (Å²) in [6.07, 6.45) is 9.19. The molecule has 0 unspecified atom stereocenters.